The topological polar surface area (TPSA) is 100 Å². The molecule has 24 aromatic rings. The van der Waals surface area contributed by atoms with Crippen LogP contribution in [0.5, 0.6) is 0 Å². The summed E-state index contributed by atoms with van der Waals surface area (Å²) in [4.78, 5) is 36.2. The molecule has 0 bridgehead atoms. The molecule has 24 rings (SSSR count). The Hall–Kier alpha value is -16.5. The molecular formula is C113H71N9. The van der Waals surface area contributed by atoms with Crippen molar-refractivity contribution >= 4 is 109 Å². The van der Waals surface area contributed by atoms with Gasteiger partial charge in [0.05, 0.1) is 55.9 Å². The van der Waals surface area contributed by atoms with Gasteiger partial charge in [-0.3, -0.25) is 0 Å². The zero-order valence-corrected chi connectivity index (χ0v) is 66.0. The van der Waals surface area contributed by atoms with E-state index in [2.05, 4.69) is 385 Å². The van der Waals surface area contributed by atoms with Crippen LogP contribution in [0.4, 0.5) is 0 Å². The number of rotatable bonds is 12. The first-order chi connectivity index (χ1) is 60.5. The predicted molar refractivity (Wildman–Crippen MR) is 506 cm³/mol. The molecule has 18 aromatic carbocycles. The van der Waals surface area contributed by atoms with Crippen molar-refractivity contribution in [1.82, 2.24) is 44.0 Å². The van der Waals surface area contributed by atoms with E-state index in [1.54, 1.807) is 0 Å². The molecule has 0 saturated heterocycles. The van der Waals surface area contributed by atoms with E-state index in [9.17, 15) is 0 Å². The van der Waals surface area contributed by atoms with Crippen molar-refractivity contribution in [3.8, 4) is 124 Å². The Balaban J connectivity index is 0.000000142. The van der Waals surface area contributed by atoms with Gasteiger partial charge in [0.1, 0.15) is 0 Å². The summed E-state index contributed by atoms with van der Waals surface area (Å²) in [7, 11) is 0. The molecule has 9 nitrogen and oxygen atoms in total. The number of pyridine rings is 2. The molecule has 0 aliphatic carbocycles. The number of fused-ring (bicyclic) bond motifs is 18. The van der Waals surface area contributed by atoms with Crippen LogP contribution in [-0.4, -0.2) is 44.0 Å². The van der Waals surface area contributed by atoms with Crippen LogP contribution in [0, 0.1) is 0 Å². The van der Waals surface area contributed by atoms with Gasteiger partial charge in [0.15, 0.2) is 23.3 Å². The van der Waals surface area contributed by atoms with E-state index in [4.69, 9.17) is 34.9 Å². The summed E-state index contributed by atoms with van der Waals surface area (Å²) in [5, 5.41) is 16.6. The van der Waals surface area contributed by atoms with Crippen LogP contribution in [0.15, 0.2) is 431 Å². The number of para-hydroxylation sites is 5. The van der Waals surface area contributed by atoms with Gasteiger partial charge in [-0.15, -0.1) is 0 Å². The first-order valence-electron chi connectivity index (χ1n) is 41.3. The Morgan fingerprint density at radius 3 is 1.00 bits per heavy atom. The molecule has 122 heavy (non-hydrogen) atoms. The normalized spacial score (nSPS) is 11.6. The lowest BCUT2D eigenvalue weighted by atomic mass is 9.93. The molecule has 0 atom stereocenters. The Bertz CT molecular complexity index is 8090. The molecule has 568 valence electrons. The highest BCUT2D eigenvalue weighted by Gasteiger charge is 2.25. The van der Waals surface area contributed by atoms with Crippen molar-refractivity contribution in [2.45, 2.75) is 0 Å². The Labute approximate surface area is 702 Å². The second kappa shape index (κ2) is 29.9. The lowest BCUT2D eigenvalue weighted by Gasteiger charge is -2.14. The summed E-state index contributed by atoms with van der Waals surface area (Å²) in [6.07, 6.45) is 0. The van der Waals surface area contributed by atoms with E-state index in [1.807, 2.05) is 54.6 Å². The predicted octanol–water partition coefficient (Wildman–Crippen LogP) is 28.9. The van der Waals surface area contributed by atoms with Crippen LogP contribution in [0.2, 0.25) is 0 Å². The van der Waals surface area contributed by atoms with Gasteiger partial charge in [-0.2, -0.15) is 0 Å². The SMILES string of the molecule is c1ccc(-c2cc(-c3ccc(-c4ccc(-c5ccc(-c6nc7ccc8ccccc8c7c7c6c6ccccc6n7-c6ccccc6)cc5)cc4)cc3)nc(-c3ccccc3)n2)cc1.c1ccc(-c2nc(-c3ccc(-c4nc5ccccc5c5c4c4ccccc4n5-c4ccccc4)cc3)nc(-c3ccc4c5ccccc5c5ccccc5c4c3)n2)cc1. The summed E-state index contributed by atoms with van der Waals surface area (Å²) in [5.41, 5.74) is 25.1. The van der Waals surface area contributed by atoms with E-state index in [0.29, 0.717) is 23.3 Å². The molecule has 6 aromatic heterocycles. The fourth-order valence-corrected chi connectivity index (χ4v) is 18.0. The second-order valence-electron chi connectivity index (χ2n) is 31.0. The van der Waals surface area contributed by atoms with Gasteiger partial charge < -0.3 is 9.13 Å². The first-order valence-corrected chi connectivity index (χ1v) is 41.3. The number of benzene rings is 18. The van der Waals surface area contributed by atoms with Gasteiger partial charge in [0, 0.05) is 88.2 Å². The second-order valence-corrected chi connectivity index (χ2v) is 31.0. The van der Waals surface area contributed by atoms with Crippen LogP contribution >= 0.6 is 0 Å². The van der Waals surface area contributed by atoms with Gasteiger partial charge in [-0.1, -0.05) is 370 Å². The maximum absolute atomic E-state index is 5.47. The van der Waals surface area contributed by atoms with Gasteiger partial charge >= 0.3 is 0 Å². The molecule has 0 aliphatic heterocycles. The van der Waals surface area contributed by atoms with E-state index >= 15 is 0 Å². The van der Waals surface area contributed by atoms with Gasteiger partial charge in [0.2, 0.25) is 0 Å². The third kappa shape index (κ3) is 12.5. The van der Waals surface area contributed by atoms with E-state index < -0.39 is 0 Å². The monoisotopic (exact) mass is 1550 g/mol. The standard InChI is InChI=1S/C59H38N4.C54H33N5/c1-4-15-44(16-5-1)52-38-53(62-59(61-52)47-17-6-2-7-18-47)45-32-28-41(29-33-45)39-24-26-40(27-25-39)42-30-34-46(35-31-42)57-56-50-22-12-13-23-54(50)63(48-19-8-3-9-20-48)58(56)55-49-21-11-10-14-43(49)36-37-51(55)60-57;1-3-15-35(16-4-1)52-56-53(58-54(57-52)37-31-32-43-41-21-8-7-19-39(41)40-20-9-10-22-42(40)46(43)33-37)36-29-27-34(28-30-36)50-49-45-24-12-14-26-48(45)59(38-17-5-2-6-18-38)51(49)44-23-11-13-25-47(44)55-50/h1-38H;1-33H. The molecular weight excluding hydrogens is 1480 g/mol. The van der Waals surface area contributed by atoms with E-state index in [1.165, 1.54) is 59.4 Å². The zero-order valence-electron chi connectivity index (χ0n) is 66.0. The summed E-state index contributed by atoms with van der Waals surface area (Å²) >= 11 is 0. The quantitative estimate of drug-likeness (QED) is 0.112. The minimum atomic E-state index is 0.612. The molecule has 0 aliphatic rings. The lowest BCUT2D eigenvalue weighted by molar-refractivity contribution is 1.07. The van der Waals surface area contributed by atoms with E-state index in [0.717, 1.165) is 150 Å². The highest BCUT2D eigenvalue weighted by molar-refractivity contribution is 6.29. The van der Waals surface area contributed by atoms with Crippen LogP contribution in [-0.2, 0) is 0 Å². The smallest absolute Gasteiger partial charge is 0.164 e. The average Bonchev–Trinajstić information content (AvgIpc) is 1.58. The Kier molecular flexibility index (Phi) is 17.4. The Morgan fingerprint density at radius 1 is 0.164 bits per heavy atom. The molecule has 6 heterocycles. The maximum atomic E-state index is 5.47. The van der Waals surface area contributed by atoms with Crippen molar-refractivity contribution in [3.05, 3.63) is 431 Å². The number of hydrogen-bond donors (Lipinski definition) is 0. The van der Waals surface area contributed by atoms with Gasteiger partial charge in [0.25, 0.3) is 0 Å². The molecule has 0 unspecified atom stereocenters. The fraction of sp³-hybridized carbons (Fsp3) is 0. The van der Waals surface area contributed by atoms with Crippen LogP contribution in [0.25, 0.3) is 233 Å². The number of aromatic nitrogens is 9. The highest BCUT2D eigenvalue weighted by atomic mass is 15.0. The van der Waals surface area contributed by atoms with Gasteiger partial charge in [-0.25, -0.2) is 34.9 Å². The Morgan fingerprint density at radius 2 is 0.492 bits per heavy atom. The molecule has 0 radical (unpaired) electrons. The van der Waals surface area contributed by atoms with E-state index in [-0.39, 0.29) is 0 Å². The average molecular weight is 1550 g/mol. The van der Waals surface area contributed by atoms with Crippen molar-refractivity contribution in [2.75, 3.05) is 0 Å². The van der Waals surface area contributed by atoms with Crippen LogP contribution in [0.3, 0.4) is 0 Å². The number of hydrogen-bond acceptors (Lipinski definition) is 7. The third-order valence-corrected chi connectivity index (χ3v) is 23.8. The van der Waals surface area contributed by atoms with Crippen molar-refractivity contribution in [3.63, 3.8) is 0 Å². The van der Waals surface area contributed by atoms with Crippen LogP contribution < -0.4 is 0 Å². The summed E-state index contributed by atoms with van der Waals surface area (Å²) in [6, 6.07) is 152. The largest absolute Gasteiger partial charge is 0.308 e. The molecule has 0 N–H and O–H groups in total. The highest BCUT2D eigenvalue weighted by Crippen LogP contribution is 2.47. The third-order valence-electron chi connectivity index (χ3n) is 23.8. The zero-order chi connectivity index (χ0) is 80.6. The minimum Gasteiger partial charge on any atom is -0.308 e. The van der Waals surface area contributed by atoms with Crippen molar-refractivity contribution < 1.29 is 0 Å². The lowest BCUT2D eigenvalue weighted by Crippen LogP contribution is -2.00. The molecule has 0 fully saturated rings. The fourth-order valence-electron chi connectivity index (χ4n) is 18.0. The maximum Gasteiger partial charge on any atom is 0.164 e. The first kappa shape index (κ1) is 70.9. The van der Waals surface area contributed by atoms with Crippen molar-refractivity contribution in [1.29, 1.82) is 0 Å². The summed E-state index contributed by atoms with van der Waals surface area (Å²) < 4.78 is 4.80. The van der Waals surface area contributed by atoms with Crippen molar-refractivity contribution in [2.24, 2.45) is 0 Å². The molecule has 0 saturated carbocycles. The summed E-state index contributed by atoms with van der Waals surface area (Å²) in [6.45, 7) is 0. The molecule has 9 heteroatoms. The molecule has 0 amide bonds. The molecule has 0 spiro atoms. The van der Waals surface area contributed by atoms with Crippen LogP contribution in [0.1, 0.15) is 0 Å². The summed E-state index contributed by atoms with van der Waals surface area (Å²) in [5.74, 6) is 2.58. The number of nitrogens with zero attached hydrogens (tertiary/aromatic N) is 9. The minimum absolute atomic E-state index is 0.612. The van der Waals surface area contributed by atoms with Gasteiger partial charge in [-0.05, 0) is 126 Å².